The van der Waals surface area contributed by atoms with E-state index in [0.29, 0.717) is 0 Å². The van der Waals surface area contributed by atoms with E-state index in [0.717, 1.165) is 31.0 Å². The number of pyridine rings is 1. The van der Waals surface area contributed by atoms with Crippen LogP contribution in [0.1, 0.15) is 45.4 Å². The molecule has 0 aliphatic heterocycles. The predicted octanol–water partition coefficient (Wildman–Crippen LogP) is 2.46. The average Bonchev–Trinajstić information content (AvgIpc) is 2.91. The highest BCUT2D eigenvalue weighted by Gasteiger charge is 2.17. The predicted molar refractivity (Wildman–Crippen MR) is 79.9 cm³/mol. The Hall–Kier alpha value is -1.75. The molecule has 0 unspecified atom stereocenters. The Morgan fingerprint density at radius 1 is 1.25 bits per heavy atom. The second kappa shape index (κ2) is 6.13. The molecule has 2 heterocycles. The molecule has 0 bridgehead atoms. The highest BCUT2D eigenvalue weighted by atomic mass is 15.3. The van der Waals surface area contributed by atoms with Crippen LogP contribution in [-0.2, 0) is 12.0 Å². The van der Waals surface area contributed by atoms with Crippen molar-refractivity contribution in [3.8, 4) is 5.82 Å². The highest BCUT2D eigenvalue weighted by molar-refractivity contribution is 5.32. The Kier molecular flexibility index (Phi) is 4.49. The van der Waals surface area contributed by atoms with E-state index in [2.05, 4.69) is 55.2 Å². The van der Waals surface area contributed by atoms with Crippen LogP contribution in [0.4, 0.5) is 0 Å². The van der Waals surface area contributed by atoms with Gasteiger partial charge in [-0.1, -0.05) is 27.7 Å². The topological polar surface area (TPSA) is 55.6 Å². The van der Waals surface area contributed by atoms with Crippen molar-refractivity contribution in [3.05, 3.63) is 36.0 Å². The molecule has 0 aliphatic rings. The van der Waals surface area contributed by atoms with Crippen molar-refractivity contribution in [2.24, 2.45) is 0 Å². The summed E-state index contributed by atoms with van der Waals surface area (Å²) in [5.74, 6) is 0.822. The Morgan fingerprint density at radius 2 is 2.05 bits per heavy atom. The first-order chi connectivity index (χ1) is 9.50. The van der Waals surface area contributed by atoms with Crippen LogP contribution < -0.4 is 5.32 Å². The minimum absolute atomic E-state index is 0.0100. The molecule has 5 nitrogen and oxygen atoms in total. The maximum atomic E-state index is 4.71. The zero-order valence-corrected chi connectivity index (χ0v) is 12.7. The first-order valence-electron chi connectivity index (χ1n) is 7.08. The SMILES string of the molecule is CCCNCc1cc(-n2cncn2)nc(C(C)(C)C)c1. The molecule has 2 aromatic rings. The molecule has 0 aromatic carbocycles. The first kappa shape index (κ1) is 14.7. The van der Waals surface area contributed by atoms with Gasteiger partial charge in [0.25, 0.3) is 0 Å². The third-order valence-electron chi connectivity index (χ3n) is 3.05. The van der Waals surface area contributed by atoms with Gasteiger partial charge in [0, 0.05) is 17.7 Å². The van der Waals surface area contributed by atoms with Gasteiger partial charge in [-0.15, -0.1) is 0 Å². The number of nitrogens with zero attached hydrogens (tertiary/aromatic N) is 4. The van der Waals surface area contributed by atoms with Crippen LogP contribution in [0.3, 0.4) is 0 Å². The van der Waals surface area contributed by atoms with Gasteiger partial charge < -0.3 is 5.32 Å². The van der Waals surface area contributed by atoms with Gasteiger partial charge >= 0.3 is 0 Å². The Bertz CT molecular complexity index is 540. The van der Waals surface area contributed by atoms with E-state index >= 15 is 0 Å². The molecule has 108 valence electrons. The standard InChI is InChI=1S/C15H23N5/c1-5-6-16-9-12-7-13(15(2,3)4)19-14(8-12)20-11-17-10-18-20/h7-8,10-11,16H,5-6,9H2,1-4H3. The molecule has 0 spiro atoms. The summed E-state index contributed by atoms with van der Waals surface area (Å²) >= 11 is 0. The second-order valence-corrected chi connectivity index (χ2v) is 5.99. The van der Waals surface area contributed by atoms with Gasteiger partial charge in [0.2, 0.25) is 0 Å². The molecule has 0 atom stereocenters. The number of hydrogen-bond acceptors (Lipinski definition) is 4. The molecule has 20 heavy (non-hydrogen) atoms. The molecule has 5 heteroatoms. The van der Waals surface area contributed by atoms with Crippen molar-refractivity contribution < 1.29 is 0 Å². The fraction of sp³-hybridized carbons (Fsp3) is 0.533. The third-order valence-corrected chi connectivity index (χ3v) is 3.05. The molecule has 0 radical (unpaired) electrons. The van der Waals surface area contributed by atoms with Crippen molar-refractivity contribution >= 4 is 0 Å². The Labute approximate surface area is 120 Å². The normalized spacial score (nSPS) is 11.8. The summed E-state index contributed by atoms with van der Waals surface area (Å²) in [7, 11) is 0. The van der Waals surface area contributed by atoms with Crippen LogP contribution in [0.15, 0.2) is 24.8 Å². The summed E-state index contributed by atoms with van der Waals surface area (Å²) in [5, 5.41) is 7.60. The zero-order valence-electron chi connectivity index (χ0n) is 12.7. The Balaban J connectivity index is 2.34. The van der Waals surface area contributed by atoms with Crippen LogP contribution in [-0.4, -0.2) is 26.3 Å². The van der Waals surface area contributed by atoms with Gasteiger partial charge in [-0.25, -0.2) is 14.6 Å². The quantitative estimate of drug-likeness (QED) is 0.850. The third kappa shape index (κ3) is 3.63. The van der Waals surface area contributed by atoms with Gasteiger partial charge in [-0.2, -0.15) is 5.10 Å². The van der Waals surface area contributed by atoms with Gasteiger partial charge in [-0.05, 0) is 30.7 Å². The second-order valence-electron chi connectivity index (χ2n) is 5.99. The van der Waals surface area contributed by atoms with Crippen LogP contribution >= 0.6 is 0 Å². The van der Waals surface area contributed by atoms with Gasteiger partial charge in [-0.3, -0.25) is 0 Å². The summed E-state index contributed by atoms with van der Waals surface area (Å²) in [6.07, 6.45) is 4.34. The molecule has 0 fully saturated rings. The lowest BCUT2D eigenvalue weighted by atomic mass is 9.90. The van der Waals surface area contributed by atoms with Crippen molar-refractivity contribution in [1.82, 2.24) is 25.1 Å². The highest BCUT2D eigenvalue weighted by Crippen LogP contribution is 2.22. The zero-order chi connectivity index (χ0) is 14.6. The van der Waals surface area contributed by atoms with E-state index < -0.39 is 0 Å². The molecule has 0 saturated heterocycles. The lowest BCUT2D eigenvalue weighted by Gasteiger charge is -2.20. The fourth-order valence-corrected chi connectivity index (χ4v) is 1.91. The first-order valence-corrected chi connectivity index (χ1v) is 7.08. The number of nitrogens with one attached hydrogen (secondary N) is 1. The van der Waals surface area contributed by atoms with Gasteiger partial charge in [0.05, 0.1) is 0 Å². The minimum atomic E-state index is 0.0100. The van der Waals surface area contributed by atoms with Crippen molar-refractivity contribution in [1.29, 1.82) is 0 Å². The number of hydrogen-bond donors (Lipinski definition) is 1. The lowest BCUT2D eigenvalue weighted by molar-refractivity contribution is 0.563. The van der Waals surface area contributed by atoms with E-state index in [-0.39, 0.29) is 5.41 Å². The lowest BCUT2D eigenvalue weighted by Crippen LogP contribution is -2.19. The molecule has 2 rings (SSSR count). The van der Waals surface area contributed by atoms with E-state index in [1.807, 2.05) is 0 Å². The van der Waals surface area contributed by atoms with Gasteiger partial charge in [0.15, 0.2) is 5.82 Å². The van der Waals surface area contributed by atoms with Crippen LogP contribution in [0.5, 0.6) is 0 Å². The minimum Gasteiger partial charge on any atom is -0.313 e. The molecular weight excluding hydrogens is 250 g/mol. The summed E-state index contributed by atoms with van der Waals surface area (Å²) in [6.45, 7) is 10.5. The van der Waals surface area contributed by atoms with Crippen LogP contribution in [0.2, 0.25) is 0 Å². The Morgan fingerprint density at radius 3 is 2.65 bits per heavy atom. The number of rotatable bonds is 5. The molecular formula is C15H23N5. The van der Waals surface area contributed by atoms with E-state index in [4.69, 9.17) is 4.98 Å². The van der Waals surface area contributed by atoms with Crippen molar-refractivity contribution in [2.45, 2.75) is 46.1 Å². The largest absolute Gasteiger partial charge is 0.313 e. The molecule has 0 amide bonds. The summed E-state index contributed by atoms with van der Waals surface area (Å²) < 4.78 is 1.71. The maximum Gasteiger partial charge on any atom is 0.155 e. The monoisotopic (exact) mass is 273 g/mol. The molecule has 0 saturated carbocycles. The van der Waals surface area contributed by atoms with Crippen LogP contribution in [0, 0.1) is 0 Å². The molecule has 0 aliphatic carbocycles. The van der Waals surface area contributed by atoms with Crippen molar-refractivity contribution in [2.75, 3.05) is 6.54 Å². The fourth-order valence-electron chi connectivity index (χ4n) is 1.91. The van der Waals surface area contributed by atoms with Gasteiger partial charge in [0.1, 0.15) is 12.7 Å². The maximum absolute atomic E-state index is 4.71. The average molecular weight is 273 g/mol. The van der Waals surface area contributed by atoms with E-state index in [1.165, 1.54) is 11.9 Å². The van der Waals surface area contributed by atoms with E-state index in [9.17, 15) is 0 Å². The molecule has 1 N–H and O–H groups in total. The molecule has 2 aromatic heterocycles. The van der Waals surface area contributed by atoms with E-state index in [1.54, 1.807) is 11.0 Å². The van der Waals surface area contributed by atoms with Crippen molar-refractivity contribution in [3.63, 3.8) is 0 Å². The van der Waals surface area contributed by atoms with Crippen LogP contribution in [0.25, 0.3) is 5.82 Å². The summed E-state index contributed by atoms with van der Waals surface area (Å²) in [6, 6.07) is 4.23. The summed E-state index contributed by atoms with van der Waals surface area (Å²) in [5.41, 5.74) is 2.30. The smallest absolute Gasteiger partial charge is 0.155 e. The number of aromatic nitrogens is 4. The summed E-state index contributed by atoms with van der Waals surface area (Å²) in [4.78, 5) is 8.70.